The number of nitrogens with one attached hydrogen (secondary N) is 2. The lowest BCUT2D eigenvalue weighted by molar-refractivity contribution is -0.138. The number of nitrogens with zero attached hydrogens (tertiary/aromatic N) is 1. The van der Waals surface area contributed by atoms with Crippen LogP contribution in [0, 0.1) is 0 Å². The minimum absolute atomic E-state index is 0.0339. The molecule has 0 radical (unpaired) electrons. The molecule has 14 heteroatoms. The quantitative estimate of drug-likeness (QED) is 0.112. The van der Waals surface area contributed by atoms with Gasteiger partial charge in [-0.15, -0.1) is 0 Å². The molecule has 258 valence electrons. The number of nitrogens with two attached hydrogens (primary N) is 1. The van der Waals surface area contributed by atoms with E-state index in [2.05, 4.69) is 10.6 Å². The Morgan fingerprint density at radius 1 is 0.979 bits per heavy atom. The van der Waals surface area contributed by atoms with Crippen molar-refractivity contribution < 1.29 is 37.4 Å². The van der Waals surface area contributed by atoms with Gasteiger partial charge in [-0.25, -0.2) is 18.0 Å². The van der Waals surface area contributed by atoms with Crippen LogP contribution < -0.4 is 16.4 Å². The Labute approximate surface area is 292 Å². The zero-order valence-corrected chi connectivity index (χ0v) is 30.5. The lowest BCUT2D eigenvalue weighted by Gasteiger charge is -2.25. The number of ether oxygens (including phenoxy) is 1. The van der Waals surface area contributed by atoms with Crippen molar-refractivity contribution in [2.75, 3.05) is 17.7 Å². The molecule has 1 atom stereocenters. The van der Waals surface area contributed by atoms with E-state index in [1.165, 1.54) is 57.4 Å². The maximum atomic E-state index is 12.9. The van der Waals surface area contributed by atoms with E-state index in [1.807, 2.05) is 19.1 Å². The predicted octanol–water partition coefficient (Wildman–Crippen LogP) is 6.04. The minimum atomic E-state index is -3.65. The first-order chi connectivity index (χ1) is 22.4. The molecule has 0 saturated heterocycles. The van der Waals surface area contributed by atoms with Gasteiger partial charge in [0.05, 0.1) is 32.6 Å². The molecule has 0 bridgehead atoms. The number of rotatable bonds is 14. The van der Waals surface area contributed by atoms with Crippen LogP contribution in [-0.2, 0) is 40.7 Å². The van der Waals surface area contributed by atoms with E-state index in [4.69, 9.17) is 10.5 Å². The van der Waals surface area contributed by atoms with E-state index in [-0.39, 0.29) is 29.3 Å². The van der Waals surface area contributed by atoms with Crippen molar-refractivity contribution in [2.24, 2.45) is 5.73 Å². The summed E-state index contributed by atoms with van der Waals surface area (Å²) in [6.07, 6.45) is 1.29. The van der Waals surface area contributed by atoms with Gasteiger partial charge < -0.3 is 31.1 Å². The van der Waals surface area contributed by atoms with Crippen molar-refractivity contribution in [3.8, 4) is 0 Å². The van der Waals surface area contributed by atoms with E-state index in [0.29, 0.717) is 41.8 Å². The number of benzene rings is 3. The smallest absolute Gasteiger partial charge is 0.410 e. The Kier molecular flexibility index (Phi) is 13.0. The van der Waals surface area contributed by atoms with Crippen molar-refractivity contribution in [3.63, 3.8) is 0 Å². The Bertz CT molecular complexity index is 1790. The molecule has 3 amide bonds. The van der Waals surface area contributed by atoms with E-state index in [1.54, 1.807) is 45.0 Å². The average Bonchev–Trinajstić information content (AvgIpc) is 2.98. The molecule has 0 aliphatic heterocycles. The summed E-state index contributed by atoms with van der Waals surface area (Å²) in [4.78, 5) is 50.4. The highest BCUT2D eigenvalue weighted by Gasteiger charge is 2.24. The number of halogens is 1. The Hall–Kier alpha value is -4.18. The monoisotopic (exact) mass is 792 g/mol. The molecule has 3 aromatic rings. The topological polar surface area (TPSA) is 185 Å². The van der Waals surface area contributed by atoms with E-state index in [9.17, 15) is 32.7 Å². The first kappa shape index (κ1) is 38.3. The van der Waals surface area contributed by atoms with Crippen LogP contribution in [-0.4, -0.2) is 54.9 Å². The number of carbonyl (C=O) groups is 4. The van der Waals surface area contributed by atoms with Crippen molar-refractivity contribution >= 4 is 63.5 Å². The van der Waals surface area contributed by atoms with Crippen LogP contribution in [0.1, 0.15) is 79.2 Å². The van der Waals surface area contributed by atoms with Gasteiger partial charge in [0.1, 0.15) is 5.60 Å². The van der Waals surface area contributed by atoms with Crippen LogP contribution in [0.5, 0.6) is 0 Å². The minimum Gasteiger partial charge on any atom is -0.479 e. The SMILES string of the molecule is CCc1cc(C(Nc2cccc(C(N)=O)c2)C(=O)O)ccc1CCCC(=O)Nc1ccc(S(=O)(=O)I)c(CN(C)C(=O)OC(C)(C)C)c1. The third-order valence-electron chi connectivity index (χ3n) is 7.22. The predicted molar refractivity (Wildman–Crippen MR) is 192 cm³/mol. The molecular formula is C34H41IN4O8S. The molecular weight excluding hydrogens is 751 g/mol. The normalized spacial score (nSPS) is 12.1. The molecule has 1 unspecified atom stereocenters. The second-order valence-electron chi connectivity index (χ2n) is 12.2. The number of amides is 3. The summed E-state index contributed by atoms with van der Waals surface area (Å²) < 4.78 is 30.2. The zero-order chi connectivity index (χ0) is 35.8. The van der Waals surface area contributed by atoms with Crippen LogP contribution in [0.2, 0.25) is 0 Å². The molecule has 0 fully saturated rings. The van der Waals surface area contributed by atoms with Gasteiger partial charge in [0.2, 0.25) is 18.8 Å². The maximum absolute atomic E-state index is 12.9. The van der Waals surface area contributed by atoms with Gasteiger partial charge in [-0.05, 0) is 98.7 Å². The van der Waals surface area contributed by atoms with E-state index < -0.39 is 36.6 Å². The molecule has 0 aliphatic rings. The summed E-state index contributed by atoms with van der Waals surface area (Å²) >= 11 is 1.34. The molecule has 5 N–H and O–H groups in total. The number of aryl methyl sites for hydroxylation is 2. The summed E-state index contributed by atoms with van der Waals surface area (Å²) in [5.74, 6) is -1.97. The third kappa shape index (κ3) is 11.2. The molecule has 0 heterocycles. The second kappa shape index (κ2) is 16.3. The van der Waals surface area contributed by atoms with Crippen LogP contribution >= 0.6 is 21.2 Å². The summed E-state index contributed by atoms with van der Waals surface area (Å²) in [5, 5.41) is 15.7. The average molecular weight is 793 g/mol. The number of primary amides is 1. The maximum Gasteiger partial charge on any atom is 0.410 e. The first-order valence-electron chi connectivity index (χ1n) is 15.2. The van der Waals surface area contributed by atoms with Crippen molar-refractivity contribution in [2.45, 2.75) is 76.5 Å². The van der Waals surface area contributed by atoms with Gasteiger partial charge in [0.15, 0.2) is 6.04 Å². The van der Waals surface area contributed by atoms with E-state index >= 15 is 0 Å². The molecule has 0 saturated carbocycles. The highest BCUT2D eigenvalue weighted by atomic mass is 127. The number of carbonyl (C=O) groups excluding carboxylic acids is 3. The molecule has 0 aromatic heterocycles. The van der Waals surface area contributed by atoms with Gasteiger partial charge in [0, 0.05) is 30.4 Å². The number of hydrogen-bond acceptors (Lipinski definition) is 8. The van der Waals surface area contributed by atoms with Crippen LogP contribution in [0.3, 0.4) is 0 Å². The molecule has 0 aliphatic carbocycles. The van der Waals surface area contributed by atoms with Gasteiger partial charge in [0.25, 0.3) is 0 Å². The number of aliphatic carboxylic acids is 1. The highest BCUT2D eigenvalue weighted by Crippen LogP contribution is 2.28. The molecule has 0 spiro atoms. The Morgan fingerprint density at radius 3 is 2.29 bits per heavy atom. The third-order valence-corrected chi connectivity index (χ3v) is 9.57. The summed E-state index contributed by atoms with van der Waals surface area (Å²) in [6.45, 7) is 7.11. The van der Waals surface area contributed by atoms with Gasteiger partial charge in [-0.3, -0.25) is 9.59 Å². The van der Waals surface area contributed by atoms with Crippen molar-refractivity contribution in [1.82, 2.24) is 4.90 Å². The van der Waals surface area contributed by atoms with Gasteiger partial charge in [-0.2, -0.15) is 0 Å². The number of carboxylic acids is 1. The van der Waals surface area contributed by atoms with Gasteiger partial charge >= 0.3 is 12.1 Å². The first-order valence-corrected chi connectivity index (χ1v) is 19.2. The van der Waals surface area contributed by atoms with Crippen LogP contribution in [0.15, 0.2) is 65.6 Å². The Morgan fingerprint density at radius 2 is 1.69 bits per heavy atom. The largest absolute Gasteiger partial charge is 0.479 e. The second-order valence-corrected chi connectivity index (χ2v) is 17.0. The molecule has 12 nitrogen and oxygen atoms in total. The van der Waals surface area contributed by atoms with Crippen molar-refractivity contribution in [3.05, 3.63) is 88.5 Å². The fraction of sp³-hybridized carbons (Fsp3) is 0.353. The lowest BCUT2D eigenvalue weighted by Crippen LogP contribution is -2.34. The fourth-order valence-corrected chi connectivity index (χ4v) is 6.91. The number of hydrogen-bond donors (Lipinski definition) is 4. The summed E-state index contributed by atoms with van der Waals surface area (Å²) in [5.41, 5.74) is 8.53. The fourth-order valence-electron chi connectivity index (χ4n) is 4.96. The summed E-state index contributed by atoms with van der Waals surface area (Å²) in [7, 11) is -2.14. The number of carboxylic acid groups (broad SMARTS) is 1. The molecule has 48 heavy (non-hydrogen) atoms. The van der Waals surface area contributed by atoms with Crippen LogP contribution in [0.4, 0.5) is 16.2 Å². The van der Waals surface area contributed by atoms with Crippen molar-refractivity contribution in [1.29, 1.82) is 0 Å². The Balaban J connectivity index is 1.68. The van der Waals surface area contributed by atoms with Gasteiger partial charge in [-0.1, -0.05) is 31.2 Å². The van der Waals surface area contributed by atoms with E-state index in [0.717, 1.165) is 11.1 Å². The molecule has 3 rings (SSSR count). The van der Waals surface area contributed by atoms with Crippen LogP contribution in [0.25, 0.3) is 0 Å². The highest BCUT2D eigenvalue weighted by molar-refractivity contribution is 14.2. The zero-order valence-electron chi connectivity index (χ0n) is 27.5. The standard InChI is InChI=1S/C34H41IN4O8S/c1-6-21-17-23(30(32(42)43)38-26-11-7-10-24(18-26)31(36)41)14-13-22(21)9-8-12-29(40)37-27-15-16-28(48(35,45)46)25(19-27)20-39(5)33(44)47-34(2,3)4/h7,10-11,13-19,30,38H,6,8-9,12,20H2,1-5H3,(H2,36,41)(H,37,40)(H,42,43). The summed E-state index contributed by atoms with van der Waals surface area (Å²) in [6, 6.07) is 15.1. The lowest BCUT2D eigenvalue weighted by atomic mass is 9.95. The molecule has 3 aromatic carbocycles. The number of anilines is 2.